The molecule has 0 saturated heterocycles. The third kappa shape index (κ3) is 4.17. The Balaban J connectivity index is 1.87. The number of anilines is 1. The van der Waals surface area contributed by atoms with Crippen molar-refractivity contribution in [2.45, 2.75) is 20.5 Å². The van der Waals surface area contributed by atoms with Gasteiger partial charge in [0.1, 0.15) is 13.2 Å². The van der Waals surface area contributed by atoms with Crippen molar-refractivity contribution in [1.29, 1.82) is 0 Å². The summed E-state index contributed by atoms with van der Waals surface area (Å²) >= 11 is 0. The Morgan fingerprint density at radius 3 is 2.83 bits per heavy atom. The molecular formula is C16H18N2O5. The van der Waals surface area contributed by atoms with Crippen molar-refractivity contribution >= 4 is 17.6 Å². The van der Waals surface area contributed by atoms with Crippen LogP contribution in [0.15, 0.2) is 29.0 Å². The summed E-state index contributed by atoms with van der Waals surface area (Å²) in [6.07, 6.45) is 1.13. The van der Waals surface area contributed by atoms with E-state index in [4.69, 9.17) is 9.15 Å². The second-order valence-corrected chi connectivity index (χ2v) is 4.90. The van der Waals surface area contributed by atoms with Gasteiger partial charge in [0.15, 0.2) is 17.8 Å². The maximum atomic E-state index is 11.9. The van der Waals surface area contributed by atoms with Crippen molar-refractivity contribution in [2.24, 2.45) is 0 Å². The molecule has 2 aromatic rings. The largest absolute Gasteiger partial charge is 0.464 e. The second kappa shape index (κ2) is 7.55. The number of hydrogen-bond donors (Lipinski definition) is 1. The first-order chi connectivity index (χ1) is 11.0. The maximum Gasteiger partial charge on any atom is 0.360 e. The number of aromatic nitrogens is 1. The van der Waals surface area contributed by atoms with Gasteiger partial charge in [-0.1, -0.05) is 12.1 Å². The average molecular weight is 318 g/mol. The third-order valence-electron chi connectivity index (χ3n) is 3.36. The molecule has 0 radical (unpaired) electrons. The highest BCUT2D eigenvalue weighted by atomic mass is 16.5. The van der Waals surface area contributed by atoms with Crippen molar-refractivity contribution in [3.05, 3.63) is 47.2 Å². The Bertz CT molecular complexity index is 708. The second-order valence-electron chi connectivity index (χ2n) is 4.90. The first-order valence-corrected chi connectivity index (χ1v) is 6.97. The monoisotopic (exact) mass is 318 g/mol. The van der Waals surface area contributed by atoms with E-state index in [2.05, 4.69) is 15.0 Å². The molecular weight excluding hydrogens is 300 g/mol. The summed E-state index contributed by atoms with van der Waals surface area (Å²) in [6.45, 7) is 3.68. The molecule has 7 nitrogen and oxygen atoms in total. The number of nitrogens with zero attached hydrogens (tertiary/aromatic N) is 1. The van der Waals surface area contributed by atoms with E-state index in [1.165, 1.54) is 7.11 Å². The molecule has 7 heteroatoms. The molecule has 1 aromatic carbocycles. The number of aryl methyl sites for hydroxylation is 1. The zero-order valence-corrected chi connectivity index (χ0v) is 13.2. The van der Waals surface area contributed by atoms with Gasteiger partial charge in [-0.2, -0.15) is 0 Å². The molecule has 1 amide bonds. The van der Waals surface area contributed by atoms with Crippen LogP contribution in [0.3, 0.4) is 0 Å². The van der Waals surface area contributed by atoms with E-state index in [1.807, 2.05) is 32.0 Å². The van der Waals surface area contributed by atoms with Crippen molar-refractivity contribution in [1.82, 2.24) is 4.98 Å². The Kier molecular flexibility index (Phi) is 5.48. The van der Waals surface area contributed by atoms with Crippen molar-refractivity contribution in [3.8, 4) is 0 Å². The highest BCUT2D eigenvalue weighted by molar-refractivity contribution is 5.92. The summed E-state index contributed by atoms with van der Waals surface area (Å²) in [5.41, 5.74) is 2.88. The van der Waals surface area contributed by atoms with E-state index in [9.17, 15) is 9.59 Å². The number of carbonyl (C=O) groups is 2. The summed E-state index contributed by atoms with van der Waals surface area (Å²) in [5, 5.41) is 2.78. The molecule has 1 heterocycles. The van der Waals surface area contributed by atoms with Crippen LogP contribution in [0.2, 0.25) is 0 Å². The molecule has 0 bridgehead atoms. The molecule has 1 aromatic heterocycles. The van der Waals surface area contributed by atoms with Gasteiger partial charge in [0, 0.05) is 5.69 Å². The van der Waals surface area contributed by atoms with Gasteiger partial charge in [-0.3, -0.25) is 4.79 Å². The standard InChI is InChI=1S/C16H18N2O5/c1-10-5-4-6-12(11(10)2)18-14(19)8-22-7-13-15(16(20)21-3)17-9-23-13/h4-6,9H,7-8H2,1-3H3,(H,18,19). The van der Waals surface area contributed by atoms with Crippen LogP contribution in [0.5, 0.6) is 0 Å². The highest BCUT2D eigenvalue weighted by Gasteiger charge is 2.17. The van der Waals surface area contributed by atoms with Gasteiger partial charge in [0.05, 0.1) is 7.11 Å². The summed E-state index contributed by atoms with van der Waals surface area (Å²) < 4.78 is 14.9. The lowest BCUT2D eigenvalue weighted by molar-refractivity contribution is -0.121. The molecule has 0 unspecified atom stereocenters. The third-order valence-corrected chi connectivity index (χ3v) is 3.36. The van der Waals surface area contributed by atoms with Gasteiger partial charge >= 0.3 is 5.97 Å². The first kappa shape index (κ1) is 16.7. The van der Waals surface area contributed by atoms with Gasteiger partial charge in [-0.15, -0.1) is 0 Å². The van der Waals surface area contributed by atoms with Gasteiger partial charge in [0.2, 0.25) is 5.91 Å². The number of ether oxygens (including phenoxy) is 2. The fourth-order valence-corrected chi connectivity index (χ4v) is 1.95. The van der Waals surface area contributed by atoms with Crippen LogP contribution >= 0.6 is 0 Å². The maximum absolute atomic E-state index is 11.9. The SMILES string of the molecule is COC(=O)c1ncoc1COCC(=O)Nc1cccc(C)c1C. The Labute approximate surface area is 133 Å². The zero-order valence-electron chi connectivity index (χ0n) is 13.2. The molecule has 0 saturated carbocycles. The Hall–Kier alpha value is -2.67. The molecule has 0 spiro atoms. The number of methoxy groups -OCH3 is 1. The van der Waals surface area contributed by atoms with Crippen LogP contribution in [0, 0.1) is 13.8 Å². The van der Waals surface area contributed by atoms with Gasteiger partial charge in [0.25, 0.3) is 0 Å². The van der Waals surface area contributed by atoms with Crippen LogP contribution in [0.25, 0.3) is 0 Å². The molecule has 2 rings (SSSR count). The fraction of sp³-hybridized carbons (Fsp3) is 0.312. The predicted octanol–water partition coefficient (Wildman–Crippen LogP) is 2.23. The van der Waals surface area contributed by atoms with E-state index in [0.717, 1.165) is 23.2 Å². The lowest BCUT2D eigenvalue weighted by Crippen LogP contribution is -2.19. The Morgan fingerprint density at radius 2 is 2.09 bits per heavy atom. The smallest absolute Gasteiger partial charge is 0.360 e. The van der Waals surface area contributed by atoms with Crippen molar-refractivity contribution < 1.29 is 23.5 Å². The first-order valence-electron chi connectivity index (χ1n) is 6.97. The summed E-state index contributed by atoms with van der Waals surface area (Å²) in [6, 6.07) is 5.67. The predicted molar refractivity (Wildman–Crippen MR) is 82.0 cm³/mol. The van der Waals surface area contributed by atoms with Crippen LogP contribution in [-0.2, 0) is 20.9 Å². The molecule has 0 aliphatic heterocycles. The van der Waals surface area contributed by atoms with E-state index in [-0.39, 0.29) is 30.6 Å². The summed E-state index contributed by atoms with van der Waals surface area (Å²) in [5.74, 6) is -0.689. The number of amides is 1. The van der Waals surface area contributed by atoms with Crippen molar-refractivity contribution in [2.75, 3.05) is 19.0 Å². The molecule has 0 aliphatic rings. The van der Waals surface area contributed by atoms with Crippen molar-refractivity contribution in [3.63, 3.8) is 0 Å². The number of nitrogens with one attached hydrogen (secondary N) is 1. The molecule has 23 heavy (non-hydrogen) atoms. The van der Waals surface area contributed by atoms with E-state index < -0.39 is 5.97 Å². The number of benzene rings is 1. The number of hydrogen-bond acceptors (Lipinski definition) is 6. The minimum absolute atomic E-state index is 0.0439. The number of oxazole rings is 1. The van der Waals surface area contributed by atoms with E-state index in [0.29, 0.717) is 0 Å². The van der Waals surface area contributed by atoms with Gasteiger partial charge in [-0.05, 0) is 31.0 Å². The Morgan fingerprint density at radius 1 is 1.30 bits per heavy atom. The average Bonchev–Trinajstić information content (AvgIpc) is 2.99. The number of carbonyl (C=O) groups excluding carboxylic acids is 2. The molecule has 1 N–H and O–H groups in total. The van der Waals surface area contributed by atoms with Crippen LogP contribution in [0.4, 0.5) is 5.69 Å². The fourth-order valence-electron chi connectivity index (χ4n) is 1.95. The molecule has 122 valence electrons. The van der Waals surface area contributed by atoms with Crippen LogP contribution in [-0.4, -0.2) is 30.6 Å². The number of rotatable bonds is 6. The number of esters is 1. The minimum Gasteiger partial charge on any atom is -0.464 e. The van der Waals surface area contributed by atoms with E-state index in [1.54, 1.807) is 0 Å². The molecule has 0 atom stereocenters. The summed E-state index contributed by atoms with van der Waals surface area (Å²) in [4.78, 5) is 27.1. The quantitative estimate of drug-likeness (QED) is 0.821. The zero-order chi connectivity index (χ0) is 16.8. The van der Waals surface area contributed by atoms with E-state index >= 15 is 0 Å². The van der Waals surface area contributed by atoms with Gasteiger partial charge < -0.3 is 19.2 Å². The molecule has 0 fully saturated rings. The summed E-state index contributed by atoms with van der Waals surface area (Å²) in [7, 11) is 1.25. The van der Waals surface area contributed by atoms with Gasteiger partial charge in [-0.25, -0.2) is 9.78 Å². The van der Waals surface area contributed by atoms with Crippen LogP contribution in [0.1, 0.15) is 27.4 Å². The normalized spacial score (nSPS) is 10.4. The lowest BCUT2D eigenvalue weighted by atomic mass is 10.1. The lowest BCUT2D eigenvalue weighted by Gasteiger charge is -2.10. The topological polar surface area (TPSA) is 90.7 Å². The van der Waals surface area contributed by atoms with Crippen LogP contribution < -0.4 is 5.32 Å². The molecule has 0 aliphatic carbocycles. The highest BCUT2D eigenvalue weighted by Crippen LogP contribution is 2.17. The minimum atomic E-state index is -0.614.